The predicted octanol–water partition coefficient (Wildman–Crippen LogP) is -0.985. The average Bonchev–Trinajstić information content (AvgIpc) is 1.41. The zero-order valence-corrected chi connectivity index (χ0v) is 6.99. The van der Waals surface area contributed by atoms with Crippen molar-refractivity contribution in [1.29, 1.82) is 0 Å². The summed E-state index contributed by atoms with van der Waals surface area (Å²) in [5.41, 5.74) is 0. The second kappa shape index (κ2) is 9.38. The summed E-state index contributed by atoms with van der Waals surface area (Å²) in [6, 6.07) is 0. The number of hydrogen-bond donors (Lipinski definition) is 0. The molecule has 0 amide bonds. The van der Waals surface area contributed by atoms with E-state index in [0.717, 1.165) is 0 Å². The zero-order chi connectivity index (χ0) is 4.12. The van der Waals surface area contributed by atoms with E-state index in [0.29, 0.717) is 0 Å². The molecule has 0 radical (unpaired) electrons. The summed E-state index contributed by atoms with van der Waals surface area (Å²) < 4.78 is 0. The number of rotatable bonds is 2. The Morgan fingerprint density at radius 3 is 2.00 bits per heavy atom. The van der Waals surface area contributed by atoms with Crippen LogP contribution in [0.5, 0.6) is 0 Å². The molecule has 0 nitrogen and oxygen atoms in total. The third-order valence-electron chi connectivity index (χ3n) is 0.577. The van der Waals surface area contributed by atoms with Crippen LogP contribution in [0.2, 0.25) is 0 Å². The van der Waals surface area contributed by atoms with Crippen molar-refractivity contribution in [3.63, 3.8) is 0 Å². The van der Waals surface area contributed by atoms with Crippen LogP contribution < -0.4 is 29.6 Å². The quantitative estimate of drug-likeness (QED) is 0.304. The molecular weight excluding hydrogens is 83.0 g/mol. The Morgan fingerprint density at radius 1 is 1.50 bits per heavy atom. The summed E-state index contributed by atoms with van der Waals surface area (Å²) in [4.78, 5) is 0. The van der Waals surface area contributed by atoms with Crippen LogP contribution in [0.1, 0.15) is 26.7 Å². The van der Waals surface area contributed by atoms with Gasteiger partial charge in [-0.3, -0.25) is 0 Å². The van der Waals surface area contributed by atoms with E-state index in [4.69, 9.17) is 0 Å². The minimum atomic E-state index is 0. The van der Waals surface area contributed by atoms with Gasteiger partial charge in [-0.1, -0.05) is 13.3 Å². The first-order chi connectivity index (χ1) is 2.41. The summed E-state index contributed by atoms with van der Waals surface area (Å²) >= 11 is 0. The molecule has 0 aromatic carbocycles. The van der Waals surface area contributed by atoms with Crippen molar-refractivity contribution in [3.05, 3.63) is 6.42 Å². The molecule has 0 aliphatic carbocycles. The number of unbranched alkanes of at least 4 members (excludes halogenated alkanes) is 2. The second-order valence-electron chi connectivity index (χ2n) is 1.20. The maximum absolute atomic E-state index is 2.18. The van der Waals surface area contributed by atoms with E-state index in [1.54, 1.807) is 0 Å². The van der Waals surface area contributed by atoms with Crippen LogP contribution in [0.15, 0.2) is 0 Å². The second-order valence-corrected chi connectivity index (χ2v) is 1.20. The molecule has 6 heavy (non-hydrogen) atoms. The van der Waals surface area contributed by atoms with E-state index in [-0.39, 0.29) is 29.6 Å². The van der Waals surface area contributed by atoms with Gasteiger partial charge < -0.3 is 6.42 Å². The molecule has 0 rings (SSSR count). The monoisotopic (exact) mass is 94.1 g/mol. The van der Waals surface area contributed by atoms with E-state index in [1.165, 1.54) is 12.8 Å². The van der Waals surface area contributed by atoms with E-state index < -0.39 is 0 Å². The Kier molecular flexibility index (Phi) is 15.8. The van der Waals surface area contributed by atoms with Crippen LogP contribution in [0.3, 0.4) is 0 Å². The van der Waals surface area contributed by atoms with Crippen molar-refractivity contribution in [2.45, 2.75) is 26.7 Å². The molecule has 0 atom stereocenters. The summed E-state index contributed by atoms with van der Waals surface area (Å²) in [5, 5.41) is 0. The van der Waals surface area contributed by atoms with Crippen molar-refractivity contribution < 1.29 is 29.6 Å². The van der Waals surface area contributed by atoms with Gasteiger partial charge in [-0.2, -0.15) is 13.3 Å². The van der Waals surface area contributed by atoms with Crippen LogP contribution in [-0.4, -0.2) is 0 Å². The fraction of sp³-hybridized carbons (Fsp3) is 0.800. The third-order valence-corrected chi connectivity index (χ3v) is 0.577. The van der Waals surface area contributed by atoms with Gasteiger partial charge in [-0.15, -0.1) is 0 Å². The molecule has 0 fully saturated rings. The van der Waals surface area contributed by atoms with Crippen molar-refractivity contribution in [2.24, 2.45) is 0 Å². The Labute approximate surface area is 62.6 Å². The van der Waals surface area contributed by atoms with Gasteiger partial charge in [0.25, 0.3) is 0 Å². The minimum absolute atomic E-state index is 0. The van der Waals surface area contributed by atoms with Gasteiger partial charge in [0.15, 0.2) is 0 Å². The largest absolute Gasteiger partial charge is 1.00 e. The molecule has 0 aromatic rings. The fourth-order valence-corrected chi connectivity index (χ4v) is 0.289. The Balaban J connectivity index is 0. The van der Waals surface area contributed by atoms with Crippen molar-refractivity contribution in [1.82, 2.24) is 0 Å². The molecule has 0 bridgehead atoms. The average molecular weight is 94.1 g/mol. The molecule has 0 aromatic heterocycles. The smallest absolute Gasteiger partial charge is 0.332 e. The summed E-state index contributed by atoms with van der Waals surface area (Å²) in [5.74, 6) is 0. The molecule has 0 unspecified atom stereocenters. The van der Waals surface area contributed by atoms with Gasteiger partial charge in [-0.05, 0) is 0 Å². The van der Waals surface area contributed by atoms with E-state index in [2.05, 4.69) is 20.3 Å². The first-order valence-corrected chi connectivity index (χ1v) is 2.19. The predicted molar refractivity (Wildman–Crippen MR) is 24.9 cm³/mol. The normalized spacial score (nSPS) is 7.00. The molecule has 0 spiro atoms. The standard InChI is InChI=1S/C5H11.Na/c1-3-5-4-2;/h3H,4-5H2,1-2H3;/q-1;+1. The van der Waals surface area contributed by atoms with Gasteiger partial charge >= 0.3 is 29.6 Å². The summed E-state index contributed by atoms with van der Waals surface area (Å²) in [7, 11) is 0. The maximum Gasteiger partial charge on any atom is 1.00 e. The van der Waals surface area contributed by atoms with Gasteiger partial charge in [0.05, 0.1) is 0 Å². The van der Waals surface area contributed by atoms with E-state index >= 15 is 0 Å². The first kappa shape index (κ1) is 10.1. The third kappa shape index (κ3) is 8.89. The number of hydrogen-bond acceptors (Lipinski definition) is 0. The Morgan fingerprint density at radius 2 is 2.00 bits per heavy atom. The minimum Gasteiger partial charge on any atom is -0.332 e. The Bertz CT molecular complexity index is 11.4. The van der Waals surface area contributed by atoms with Crippen LogP contribution in [0.25, 0.3) is 0 Å². The van der Waals surface area contributed by atoms with Gasteiger partial charge in [0.2, 0.25) is 0 Å². The summed E-state index contributed by atoms with van der Waals surface area (Å²) in [6.07, 6.45) is 4.73. The molecule has 0 aliphatic rings. The van der Waals surface area contributed by atoms with Gasteiger partial charge in [-0.25, -0.2) is 0 Å². The van der Waals surface area contributed by atoms with E-state index in [9.17, 15) is 0 Å². The van der Waals surface area contributed by atoms with Crippen LogP contribution in [0, 0.1) is 6.42 Å². The first-order valence-electron chi connectivity index (χ1n) is 2.19. The molecule has 32 valence electrons. The topological polar surface area (TPSA) is 0 Å². The van der Waals surface area contributed by atoms with Crippen molar-refractivity contribution >= 4 is 0 Å². The van der Waals surface area contributed by atoms with E-state index in [1.807, 2.05) is 0 Å². The molecule has 0 aliphatic heterocycles. The molecule has 1 heteroatoms. The van der Waals surface area contributed by atoms with Crippen LogP contribution >= 0.6 is 0 Å². The van der Waals surface area contributed by atoms with Crippen LogP contribution in [-0.2, 0) is 0 Å². The maximum atomic E-state index is 2.18. The molecular formula is C5H11Na. The Hall–Kier alpha value is 1.00. The molecule has 0 saturated heterocycles. The van der Waals surface area contributed by atoms with Crippen molar-refractivity contribution in [3.8, 4) is 0 Å². The fourth-order valence-electron chi connectivity index (χ4n) is 0.289. The zero-order valence-electron chi connectivity index (χ0n) is 4.99. The molecule has 0 N–H and O–H groups in total. The van der Waals surface area contributed by atoms with Gasteiger partial charge in [0, 0.05) is 0 Å². The summed E-state index contributed by atoms with van der Waals surface area (Å²) in [6.45, 7) is 4.27. The van der Waals surface area contributed by atoms with Gasteiger partial charge in [0.1, 0.15) is 0 Å². The van der Waals surface area contributed by atoms with Crippen LogP contribution in [0.4, 0.5) is 0 Å². The molecule has 0 saturated carbocycles. The molecule has 0 heterocycles. The SMILES string of the molecule is C[CH-]CCC.[Na+]. The van der Waals surface area contributed by atoms with Crippen molar-refractivity contribution in [2.75, 3.05) is 0 Å².